The van der Waals surface area contributed by atoms with Crippen LogP contribution in [-0.2, 0) is 9.59 Å². The van der Waals surface area contributed by atoms with Gasteiger partial charge in [0.25, 0.3) is 0 Å². The molecule has 0 unspecified atom stereocenters. The number of carboxylic acids is 1. The number of carbonyl (C=O) groups excluding carboxylic acids is 1. The van der Waals surface area contributed by atoms with Gasteiger partial charge in [-0.25, -0.2) is 4.98 Å². The highest BCUT2D eigenvalue weighted by molar-refractivity contribution is 5.88. The minimum atomic E-state index is -0.912. The maximum Gasteiger partial charge on any atom is 0.309 e. The Morgan fingerprint density at radius 3 is 2.67 bits per heavy atom. The maximum absolute atomic E-state index is 11.7. The third-order valence-corrected chi connectivity index (χ3v) is 5.22. The number of nitrogens with zero attached hydrogens (tertiary/aromatic N) is 3. The summed E-state index contributed by atoms with van der Waals surface area (Å²) in [6.45, 7) is 4.96. The molecule has 0 bridgehead atoms. The van der Waals surface area contributed by atoms with E-state index in [9.17, 15) is 14.7 Å². The minimum absolute atomic E-state index is 0.0582. The Morgan fingerprint density at radius 1 is 1.46 bits per heavy atom. The fraction of sp³-hybridized carbons (Fsp3) is 0.529. The molecule has 2 N–H and O–H groups in total. The molecule has 0 aromatic carbocycles. The van der Waals surface area contributed by atoms with Gasteiger partial charge in [-0.15, -0.1) is 0 Å². The second-order valence-electron chi connectivity index (χ2n) is 6.66. The zero-order chi connectivity index (χ0) is 17.5. The SMILES string of the molecule is Cc1cc(N2CCC3(CC2)NC(=O)C[C@H]3C(=O)O)nc(C)c1C#N. The van der Waals surface area contributed by atoms with E-state index in [1.165, 1.54) is 0 Å². The van der Waals surface area contributed by atoms with Crippen molar-refractivity contribution in [1.82, 2.24) is 10.3 Å². The molecule has 7 heteroatoms. The number of hydrogen-bond donors (Lipinski definition) is 2. The summed E-state index contributed by atoms with van der Waals surface area (Å²) in [6.07, 6.45) is 1.22. The van der Waals surface area contributed by atoms with Crippen LogP contribution < -0.4 is 10.2 Å². The van der Waals surface area contributed by atoms with E-state index in [-0.39, 0.29) is 12.3 Å². The lowest BCUT2D eigenvalue weighted by Crippen LogP contribution is -2.55. The quantitative estimate of drug-likeness (QED) is 0.843. The van der Waals surface area contributed by atoms with E-state index in [2.05, 4.69) is 21.3 Å². The summed E-state index contributed by atoms with van der Waals surface area (Å²) in [5.41, 5.74) is 1.54. The number of hydrogen-bond acceptors (Lipinski definition) is 5. The predicted molar refractivity (Wildman–Crippen MR) is 86.5 cm³/mol. The second-order valence-corrected chi connectivity index (χ2v) is 6.66. The van der Waals surface area contributed by atoms with E-state index < -0.39 is 17.4 Å². The Kier molecular flexibility index (Phi) is 3.91. The highest BCUT2D eigenvalue weighted by Gasteiger charge is 2.51. The summed E-state index contributed by atoms with van der Waals surface area (Å²) in [5, 5.41) is 21.5. The van der Waals surface area contributed by atoms with Crippen molar-refractivity contribution in [3.05, 3.63) is 22.9 Å². The monoisotopic (exact) mass is 328 g/mol. The molecule has 0 radical (unpaired) electrons. The molecule has 1 atom stereocenters. The number of aryl methyl sites for hydroxylation is 2. The lowest BCUT2D eigenvalue weighted by Gasteiger charge is -2.42. The lowest BCUT2D eigenvalue weighted by atomic mass is 9.77. The Morgan fingerprint density at radius 2 is 2.12 bits per heavy atom. The second kappa shape index (κ2) is 5.78. The average Bonchev–Trinajstić information content (AvgIpc) is 2.84. The zero-order valence-electron chi connectivity index (χ0n) is 13.8. The highest BCUT2D eigenvalue weighted by atomic mass is 16.4. The van der Waals surface area contributed by atoms with Gasteiger partial charge in [-0.3, -0.25) is 9.59 Å². The van der Waals surface area contributed by atoms with Gasteiger partial charge >= 0.3 is 5.97 Å². The van der Waals surface area contributed by atoms with Gasteiger partial charge in [0.15, 0.2) is 0 Å². The number of nitrogens with one attached hydrogen (secondary N) is 1. The van der Waals surface area contributed by atoms with E-state index in [1.807, 2.05) is 19.9 Å². The topological polar surface area (TPSA) is 106 Å². The van der Waals surface area contributed by atoms with Gasteiger partial charge < -0.3 is 15.3 Å². The standard InChI is InChI=1S/C17H20N4O3/c1-10-7-14(19-11(2)12(10)9-18)21-5-3-17(4-6-21)13(16(23)24)8-15(22)20-17/h7,13H,3-6,8H2,1-2H3,(H,20,22)(H,23,24)/t13-/m0/s1. The first-order valence-electron chi connectivity index (χ1n) is 8.03. The van der Waals surface area contributed by atoms with Crippen LogP contribution in [0.1, 0.15) is 36.1 Å². The number of nitriles is 1. The molecule has 3 rings (SSSR count). The molecule has 0 aliphatic carbocycles. The van der Waals surface area contributed by atoms with Crippen LogP contribution in [0.25, 0.3) is 0 Å². The molecule has 2 saturated heterocycles. The van der Waals surface area contributed by atoms with Crippen LogP contribution in [0.3, 0.4) is 0 Å². The first kappa shape index (κ1) is 16.2. The number of carboxylic acid groups (broad SMARTS) is 1. The normalized spacial score (nSPS) is 22.3. The Balaban J connectivity index is 1.80. The maximum atomic E-state index is 11.7. The van der Waals surface area contributed by atoms with E-state index >= 15 is 0 Å². The van der Waals surface area contributed by atoms with Crippen molar-refractivity contribution in [1.29, 1.82) is 5.26 Å². The zero-order valence-corrected chi connectivity index (χ0v) is 13.8. The molecule has 1 amide bonds. The van der Waals surface area contributed by atoms with Crippen LogP contribution in [0, 0.1) is 31.1 Å². The molecule has 2 fully saturated rings. The van der Waals surface area contributed by atoms with Gasteiger partial charge in [0, 0.05) is 19.5 Å². The van der Waals surface area contributed by atoms with Gasteiger partial charge in [-0.1, -0.05) is 0 Å². The van der Waals surface area contributed by atoms with Gasteiger partial charge in [-0.2, -0.15) is 5.26 Å². The van der Waals surface area contributed by atoms with Gasteiger partial charge in [-0.05, 0) is 38.3 Å². The molecule has 1 aromatic rings. The van der Waals surface area contributed by atoms with Gasteiger partial charge in [0.05, 0.1) is 22.7 Å². The Labute approximate surface area is 140 Å². The molecule has 2 aliphatic rings. The summed E-state index contributed by atoms with van der Waals surface area (Å²) < 4.78 is 0. The van der Waals surface area contributed by atoms with Crippen LogP contribution in [0.2, 0.25) is 0 Å². The van der Waals surface area contributed by atoms with Crippen LogP contribution in [0.15, 0.2) is 6.07 Å². The van der Waals surface area contributed by atoms with Gasteiger partial charge in [0.2, 0.25) is 5.91 Å². The molecule has 126 valence electrons. The van der Waals surface area contributed by atoms with E-state index in [1.54, 1.807) is 0 Å². The number of carbonyl (C=O) groups is 2. The number of rotatable bonds is 2. The first-order valence-corrected chi connectivity index (χ1v) is 8.03. The fourth-order valence-corrected chi connectivity index (χ4v) is 3.87. The number of anilines is 1. The van der Waals surface area contributed by atoms with Crippen molar-refractivity contribution >= 4 is 17.7 Å². The van der Waals surface area contributed by atoms with E-state index in [0.717, 1.165) is 11.4 Å². The number of aliphatic carboxylic acids is 1. The predicted octanol–water partition coefficient (Wildman–Crippen LogP) is 1.13. The number of amides is 1. The third-order valence-electron chi connectivity index (χ3n) is 5.22. The largest absolute Gasteiger partial charge is 0.481 e. The van der Waals surface area contributed by atoms with Gasteiger partial charge in [0.1, 0.15) is 11.9 Å². The van der Waals surface area contributed by atoms with Crippen LogP contribution in [0.4, 0.5) is 5.82 Å². The lowest BCUT2D eigenvalue weighted by molar-refractivity contribution is -0.144. The smallest absolute Gasteiger partial charge is 0.309 e. The van der Waals surface area contributed by atoms with E-state index in [4.69, 9.17) is 5.26 Å². The average molecular weight is 328 g/mol. The van der Waals surface area contributed by atoms with Crippen LogP contribution in [-0.4, -0.2) is 40.6 Å². The van der Waals surface area contributed by atoms with Crippen molar-refractivity contribution in [3.63, 3.8) is 0 Å². The molecule has 1 spiro atoms. The molecule has 0 saturated carbocycles. The molecular weight excluding hydrogens is 308 g/mol. The molecule has 24 heavy (non-hydrogen) atoms. The molecular formula is C17H20N4O3. The van der Waals surface area contributed by atoms with Crippen LogP contribution >= 0.6 is 0 Å². The number of piperidine rings is 1. The Bertz CT molecular complexity index is 722. The summed E-state index contributed by atoms with van der Waals surface area (Å²) in [4.78, 5) is 29.8. The van der Waals surface area contributed by atoms with Crippen LogP contribution in [0.5, 0.6) is 0 Å². The van der Waals surface area contributed by atoms with Crippen molar-refractivity contribution in [2.45, 2.75) is 38.6 Å². The number of aromatic nitrogens is 1. The fourth-order valence-electron chi connectivity index (χ4n) is 3.87. The van der Waals surface area contributed by atoms with Crippen molar-refractivity contribution in [3.8, 4) is 6.07 Å². The molecule has 2 aliphatic heterocycles. The summed E-state index contributed by atoms with van der Waals surface area (Å²) in [6, 6.07) is 4.06. The van der Waals surface area contributed by atoms with Crippen molar-refractivity contribution in [2.24, 2.45) is 5.92 Å². The van der Waals surface area contributed by atoms with Crippen molar-refractivity contribution in [2.75, 3.05) is 18.0 Å². The number of pyridine rings is 1. The summed E-state index contributed by atoms with van der Waals surface area (Å²) >= 11 is 0. The van der Waals surface area contributed by atoms with Crippen molar-refractivity contribution < 1.29 is 14.7 Å². The summed E-state index contributed by atoms with van der Waals surface area (Å²) in [7, 11) is 0. The Hall–Kier alpha value is -2.62. The highest BCUT2D eigenvalue weighted by Crippen LogP contribution is 2.38. The minimum Gasteiger partial charge on any atom is -0.481 e. The third kappa shape index (κ3) is 2.58. The van der Waals surface area contributed by atoms with E-state index in [0.29, 0.717) is 37.2 Å². The first-order chi connectivity index (χ1) is 11.4. The molecule has 3 heterocycles. The molecule has 1 aromatic heterocycles. The molecule has 7 nitrogen and oxygen atoms in total. The summed E-state index contributed by atoms with van der Waals surface area (Å²) in [5.74, 6) is -0.955.